The first kappa shape index (κ1) is 9.87. The lowest BCUT2D eigenvalue weighted by Gasteiger charge is -2.13. The molecule has 0 saturated heterocycles. The van der Waals surface area contributed by atoms with Gasteiger partial charge in [-0.25, -0.2) is 0 Å². The lowest BCUT2D eigenvalue weighted by molar-refractivity contribution is 0.493. The normalized spacial score (nSPS) is 11.7. The molecule has 0 aliphatic heterocycles. The van der Waals surface area contributed by atoms with Crippen molar-refractivity contribution in [3.8, 4) is 0 Å². The summed E-state index contributed by atoms with van der Waals surface area (Å²) in [6.07, 6.45) is 0. The summed E-state index contributed by atoms with van der Waals surface area (Å²) in [5, 5.41) is 0.528. The number of rotatable bonds is 1. The smallest absolute Gasteiger partial charge is 0.214 e. The molecule has 0 heterocycles. The molecule has 1 aromatic rings. The molecule has 0 aliphatic carbocycles. The van der Waals surface area contributed by atoms with Gasteiger partial charge in [0.25, 0.3) is 0 Å². The first-order valence-electron chi connectivity index (χ1n) is 3.55. The Bertz CT molecular complexity index is 323. The molecule has 0 amide bonds. The molecule has 0 spiro atoms. The molecule has 12 heavy (non-hydrogen) atoms. The van der Waals surface area contributed by atoms with Crippen molar-refractivity contribution in [1.29, 1.82) is 0 Å². The van der Waals surface area contributed by atoms with Crippen molar-refractivity contribution in [2.24, 2.45) is 0 Å². The number of aryl methyl sites for hydroxylation is 2. The quantitative estimate of drug-likeness (QED) is 0.673. The third-order valence-electron chi connectivity index (χ3n) is 1.73. The fraction of sp³-hybridized carbons (Fsp3) is 0.250. The standard InChI is InChI=1S/C8H11O2PS/c1-6-4-3-5-7(2)8(6)11(9,10)12/h3-5H,1-2H3,(H2,9,10,12). The van der Waals surface area contributed by atoms with Gasteiger partial charge in [-0.15, -0.1) is 0 Å². The Kier molecular flexibility index (Phi) is 2.69. The maximum atomic E-state index is 9.33. The minimum Gasteiger partial charge on any atom is -0.342 e. The Labute approximate surface area is 77.0 Å². The van der Waals surface area contributed by atoms with Crippen molar-refractivity contribution < 1.29 is 9.79 Å². The van der Waals surface area contributed by atoms with Gasteiger partial charge in [-0.1, -0.05) is 18.2 Å². The Hall–Kier alpha value is -0.210. The monoisotopic (exact) mass is 202 g/mol. The first-order chi connectivity index (χ1) is 5.43. The molecular weight excluding hydrogens is 191 g/mol. The van der Waals surface area contributed by atoms with E-state index in [1.54, 1.807) is 0 Å². The largest absolute Gasteiger partial charge is 0.342 e. The number of hydrogen-bond acceptors (Lipinski definition) is 1. The second-order valence-electron chi connectivity index (χ2n) is 2.78. The van der Waals surface area contributed by atoms with Gasteiger partial charge in [-0.3, -0.25) is 0 Å². The SMILES string of the molecule is Cc1cccc(C)c1P(O)(O)=S. The highest BCUT2D eigenvalue weighted by atomic mass is 32.5. The fourth-order valence-corrected chi connectivity index (χ4v) is 3.20. The van der Waals surface area contributed by atoms with Gasteiger partial charge in [0.05, 0.1) is 0 Å². The minimum absolute atomic E-state index is 0.528. The van der Waals surface area contributed by atoms with E-state index in [1.807, 2.05) is 32.0 Å². The van der Waals surface area contributed by atoms with Gasteiger partial charge >= 0.3 is 0 Å². The van der Waals surface area contributed by atoms with Crippen LogP contribution in [0, 0.1) is 13.8 Å². The van der Waals surface area contributed by atoms with Crippen molar-refractivity contribution in [3.05, 3.63) is 29.3 Å². The summed E-state index contributed by atoms with van der Waals surface area (Å²) in [5.41, 5.74) is 1.70. The average Bonchev–Trinajstić information content (AvgIpc) is 1.82. The Morgan fingerprint density at radius 3 is 1.83 bits per heavy atom. The van der Waals surface area contributed by atoms with E-state index in [4.69, 9.17) is 0 Å². The molecule has 0 aromatic heterocycles. The van der Waals surface area contributed by atoms with E-state index in [0.717, 1.165) is 11.1 Å². The van der Waals surface area contributed by atoms with Gasteiger partial charge in [0.1, 0.15) is 0 Å². The second-order valence-corrected chi connectivity index (χ2v) is 5.85. The van der Waals surface area contributed by atoms with Crippen molar-refractivity contribution >= 4 is 23.6 Å². The molecule has 0 atom stereocenters. The minimum atomic E-state index is -3.26. The third kappa shape index (κ3) is 1.93. The molecular formula is C8H11O2PS. The zero-order valence-corrected chi connectivity index (χ0v) is 8.69. The molecule has 0 aliphatic rings. The van der Waals surface area contributed by atoms with Crippen LogP contribution in [0.2, 0.25) is 0 Å². The highest BCUT2D eigenvalue weighted by molar-refractivity contribution is 8.12. The zero-order valence-electron chi connectivity index (χ0n) is 6.98. The summed E-state index contributed by atoms with van der Waals surface area (Å²) in [4.78, 5) is 18.7. The van der Waals surface area contributed by atoms with E-state index in [1.165, 1.54) is 0 Å². The highest BCUT2D eigenvalue weighted by Gasteiger charge is 2.16. The number of hydrogen-bond donors (Lipinski definition) is 2. The summed E-state index contributed by atoms with van der Waals surface area (Å²) in [5.74, 6) is 0. The Morgan fingerprint density at radius 2 is 1.58 bits per heavy atom. The molecule has 66 valence electrons. The second kappa shape index (κ2) is 3.27. The van der Waals surface area contributed by atoms with E-state index >= 15 is 0 Å². The summed E-state index contributed by atoms with van der Waals surface area (Å²) in [7, 11) is 0. The summed E-state index contributed by atoms with van der Waals surface area (Å²) in [6, 6.07) is 5.53. The maximum absolute atomic E-state index is 9.33. The van der Waals surface area contributed by atoms with E-state index in [0.29, 0.717) is 5.30 Å². The van der Waals surface area contributed by atoms with Crippen LogP contribution < -0.4 is 5.30 Å². The van der Waals surface area contributed by atoms with Gasteiger partial charge < -0.3 is 9.79 Å². The topological polar surface area (TPSA) is 40.5 Å². The molecule has 2 nitrogen and oxygen atoms in total. The van der Waals surface area contributed by atoms with Crippen LogP contribution in [-0.4, -0.2) is 9.79 Å². The van der Waals surface area contributed by atoms with Gasteiger partial charge in [0, 0.05) is 5.30 Å². The van der Waals surface area contributed by atoms with E-state index in [-0.39, 0.29) is 0 Å². The van der Waals surface area contributed by atoms with Crippen molar-refractivity contribution in [2.45, 2.75) is 13.8 Å². The van der Waals surface area contributed by atoms with Crippen LogP contribution in [0.3, 0.4) is 0 Å². The van der Waals surface area contributed by atoms with Crippen LogP contribution in [-0.2, 0) is 11.8 Å². The third-order valence-corrected chi connectivity index (χ3v) is 3.57. The van der Waals surface area contributed by atoms with E-state index in [9.17, 15) is 9.79 Å². The van der Waals surface area contributed by atoms with E-state index < -0.39 is 6.49 Å². The number of benzene rings is 1. The molecule has 0 saturated carbocycles. The summed E-state index contributed by atoms with van der Waals surface area (Å²) in [6.45, 7) is 0.398. The van der Waals surface area contributed by atoms with Gasteiger partial charge in [-0.05, 0) is 36.8 Å². The van der Waals surface area contributed by atoms with Crippen LogP contribution in [0.15, 0.2) is 18.2 Å². The predicted octanol–water partition coefficient (Wildman–Crippen LogP) is 1.22. The van der Waals surface area contributed by atoms with Crippen molar-refractivity contribution in [1.82, 2.24) is 0 Å². The molecule has 0 bridgehead atoms. The van der Waals surface area contributed by atoms with Crippen molar-refractivity contribution in [3.63, 3.8) is 0 Å². The van der Waals surface area contributed by atoms with Gasteiger partial charge in [-0.2, -0.15) is 0 Å². The molecule has 1 aromatic carbocycles. The Balaban J connectivity index is 3.42. The van der Waals surface area contributed by atoms with E-state index in [2.05, 4.69) is 11.8 Å². The van der Waals surface area contributed by atoms with Crippen LogP contribution >= 0.6 is 6.49 Å². The molecule has 0 radical (unpaired) electrons. The molecule has 1 rings (SSSR count). The van der Waals surface area contributed by atoms with Crippen LogP contribution in [0.25, 0.3) is 0 Å². The van der Waals surface area contributed by atoms with Crippen LogP contribution in [0.5, 0.6) is 0 Å². The maximum Gasteiger partial charge on any atom is 0.214 e. The lowest BCUT2D eigenvalue weighted by atomic mass is 10.2. The molecule has 4 heteroatoms. The van der Waals surface area contributed by atoms with Gasteiger partial charge in [0.2, 0.25) is 6.49 Å². The van der Waals surface area contributed by atoms with Crippen LogP contribution in [0.1, 0.15) is 11.1 Å². The van der Waals surface area contributed by atoms with Gasteiger partial charge in [0.15, 0.2) is 0 Å². The average molecular weight is 202 g/mol. The molecule has 2 N–H and O–H groups in total. The lowest BCUT2D eigenvalue weighted by Crippen LogP contribution is -2.11. The predicted molar refractivity (Wildman–Crippen MR) is 54.3 cm³/mol. The highest BCUT2D eigenvalue weighted by Crippen LogP contribution is 2.36. The zero-order chi connectivity index (χ0) is 9.35. The summed E-state index contributed by atoms with van der Waals surface area (Å²) >= 11 is 4.65. The first-order valence-corrected chi connectivity index (χ1v) is 6.26. The molecule has 0 unspecified atom stereocenters. The molecule has 0 fully saturated rings. The van der Waals surface area contributed by atoms with Crippen LogP contribution in [0.4, 0.5) is 0 Å². The summed E-state index contributed by atoms with van der Waals surface area (Å²) < 4.78 is 0. The fourth-order valence-electron chi connectivity index (χ4n) is 1.27. The Morgan fingerprint density at radius 1 is 1.17 bits per heavy atom. The van der Waals surface area contributed by atoms with Crippen molar-refractivity contribution in [2.75, 3.05) is 0 Å².